The summed E-state index contributed by atoms with van der Waals surface area (Å²) in [7, 11) is 0. The predicted molar refractivity (Wildman–Crippen MR) is 116 cm³/mol. The standard InChI is InChI=1S/C20H32N4O.HI/c1-2-21-19(23-15-20(9-10-20)16-7-8-16)22-14-17(18-6-5-13-25-18)24-11-3-4-12-24;/h5-6,13,16-17H,2-4,7-12,14-15H2,1H3,(H2,21,22,23);1H. The van der Waals surface area contributed by atoms with Gasteiger partial charge in [0.1, 0.15) is 5.76 Å². The second-order valence-corrected chi connectivity index (χ2v) is 7.99. The Balaban J connectivity index is 0.00000196. The minimum atomic E-state index is 0. The van der Waals surface area contributed by atoms with Gasteiger partial charge in [-0.15, -0.1) is 24.0 Å². The molecule has 1 saturated heterocycles. The Morgan fingerprint density at radius 3 is 2.65 bits per heavy atom. The third kappa shape index (κ3) is 4.74. The highest BCUT2D eigenvalue weighted by molar-refractivity contribution is 14.0. The highest BCUT2D eigenvalue weighted by atomic mass is 127. The summed E-state index contributed by atoms with van der Waals surface area (Å²) in [5, 5.41) is 7.01. The van der Waals surface area contributed by atoms with Gasteiger partial charge in [0.15, 0.2) is 5.96 Å². The summed E-state index contributed by atoms with van der Waals surface area (Å²) in [5.74, 6) is 2.98. The molecule has 0 spiro atoms. The largest absolute Gasteiger partial charge is 0.468 e. The quantitative estimate of drug-likeness (QED) is 0.344. The van der Waals surface area contributed by atoms with Gasteiger partial charge in [0.05, 0.1) is 12.3 Å². The molecule has 4 rings (SSSR count). The number of aliphatic imine (C=N–C) groups is 1. The molecule has 0 aromatic carbocycles. The van der Waals surface area contributed by atoms with E-state index in [9.17, 15) is 0 Å². The molecule has 1 atom stereocenters. The lowest BCUT2D eigenvalue weighted by Crippen LogP contribution is -2.43. The zero-order valence-electron chi connectivity index (χ0n) is 15.9. The first-order chi connectivity index (χ1) is 12.3. The van der Waals surface area contributed by atoms with Crippen LogP contribution in [0, 0.1) is 11.3 Å². The Kier molecular flexibility index (Phi) is 6.88. The van der Waals surface area contributed by atoms with Crippen LogP contribution in [0.2, 0.25) is 0 Å². The fraction of sp³-hybridized carbons (Fsp3) is 0.750. The molecule has 3 aliphatic rings. The Morgan fingerprint density at radius 2 is 2.08 bits per heavy atom. The molecule has 1 aromatic rings. The van der Waals surface area contributed by atoms with Crippen LogP contribution in [0.5, 0.6) is 0 Å². The first-order valence-electron chi connectivity index (χ1n) is 10.1. The van der Waals surface area contributed by atoms with Gasteiger partial charge in [-0.2, -0.15) is 0 Å². The van der Waals surface area contributed by atoms with Crippen molar-refractivity contribution in [3.8, 4) is 0 Å². The van der Waals surface area contributed by atoms with Crippen LogP contribution in [0.4, 0.5) is 0 Å². The van der Waals surface area contributed by atoms with Gasteiger partial charge in [0, 0.05) is 19.6 Å². The summed E-state index contributed by atoms with van der Waals surface area (Å²) in [5.41, 5.74) is 0.553. The van der Waals surface area contributed by atoms with Crippen molar-refractivity contribution >= 4 is 29.9 Å². The van der Waals surface area contributed by atoms with Crippen LogP contribution in [0.3, 0.4) is 0 Å². The molecule has 0 amide bonds. The van der Waals surface area contributed by atoms with Gasteiger partial charge in [-0.05, 0) is 82.0 Å². The van der Waals surface area contributed by atoms with Crippen molar-refractivity contribution in [2.45, 2.75) is 51.5 Å². The lowest BCUT2D eigenvalue weighted by Gasteiger charge is -2.27. The fourth-order valence-electron chi connectivity index (χ4n) is 4.27. The van der Waals surface area contributed by atoms with Gasteiger partial charge >= 0.3 is 0 Å². The van der Waals surface area contributed by atoms with E-state index in [4.69, 9.17) is 9.41 Å². The molecule has 1 aliphatic heterocycles. The van der Waals surface area contributed by atoms with E-state index in [-0.39, 0.29) is 24.0 Å². The maximum atomic E-state index is 5.72. The zero-order chi connectivity index (χ0) is 17.1. The van der Waals surface area contributed by atoms with Crippen LogP contribution >= 0.6 is 24.0 Å². The van der Waals surface area contributed by atoms with Crippen molar-refractivity contribution in [2.75, 3.05) is 32.7 Å². The van der Waals surface area contributed by atoms with Crippen molar-refractivity contribution in [1.82, 2.24) is 15.5 Å². The SMILES string of the molecule is CCNC(=NCC1(C2CC2)CC1)NCC(c1ccco1)N1CCCC1.I. The normalized spacial score (nSPS) is 23.3. The van der Waals surface area contributed by atoms with Crippen molar-refractivity contribution in [2.24, 2.45) is 16.3 Å². The van der Waals surface area contributed by atoms with E-state index in [1.165, 1.54) is 38.5 Å². The van der Waals surface area contributed by atoms with Crippen LogP contribution in [0.1, 0.15) is 57.3 Å². The number of halogens is 1. The van der Waals surface area contributed by atoms with Crippen LogP contribution < -0.4 is 10.6 Å². The third-order valence-electron chi connectivity index (χ3n) is 6.15. The molecule has 0 radical (unpaired) electrons. The van der Waals surface area contributed by atoms with E-state index in [0.29, 0.717) is 11.5 Å². The molecule has 26 heavy (non-hydrogen) atoms. The molecule has 1 unspecified atom stereocenters. The second kappa shape index (κ2) is 8.95. The molecular formula is C20H33IN4O. The maximum Gasteiger partial charge on any atom is 0.191 e. The van der Waals surface area contributed by atoms with Crippen LogP contribution in [-0.4, -0.2) is 43.6 Å². The Bertz CT molecular complexity index is 575. The second-order valence-electron chi connectivity index (χ2n) is 7.99. The number of nitrogens with one attached hydrogen (secondary N) is 2. The minimum Gasteiger partial charge on any atom is -0.468 e. The van der Waals surface area contributed by atoms with Crippen molar-refractivity contribution in [3.05, 3.63) is 24.2 Å². The summed E-state index contributed by atoms with van der Waals surface area (Å²) in [6.07, 6.45) is 9.96. The predicted octanol–water partition coefficient (Wildman–Crippen LogP) is 3.78. The monoisotopic (exact) mass is 472 g/mol. The van der Waals surface area contributed by atoms with Gasteiger partial charge in [-0.1, -0.05) is 0 Å². The summed E-state index contributed by atoms with van der Waals surface area (Å²) >= 11 is 0. The summed E-state index contributed by atoms with van der Waals surface area (Å²) < 4.78 is 5.72. The number of hydrogen-bond acceptors (Lipinski definition) is 3. The van der Waals surface area contributed by atoms with E-state index in [1.807, 2.05) is 6.07 Å². The first kappa shape index (κ1) is 20.0. The highest BCUT2D eigenvalue weighted by Crippen LogP contribution is 2.61. The van der Waals surface area contributed by atoms with Crippen LogP contribution in [-0.2, 0) is 0 Å². The minimum absolute atomic E-state index is 0. The first-order valence-corrected chi connectivity index (χ1v) is 10.1. The lowest BCUT2D eigenvalue weighted by atomic mass is 10.0. The van der Waals surface area contributed by atoms with E-state index in [0.717, 1.165) is 50.4 Å². The fourth-order valence-corrected chi connectivity index (χ4v) is 4.27. The Labute approximate surface area is 174 Å². The number of rotatable bonds is 8. The van der Waals surface area contributed by atoms with E-state index < -0.39 is 0 Å². The molecule has 2 aliphatic carbocycles. The molecule has 146 valence electrons. The zero-order valence-corrected chi connectivity index (χ0v) is 18.2. The van der Waals surface area contributed by atoms with E-state index in [1.54, 1.807) is 6.26 Å². The molecule has 2 N–H and O–H groups in total. The lowest BCUT2D eigenvalue weighted by molar-refractivity contribution is 0.215. The highest BCUT2D eigenvalue weighted by Gasteiger charge is 2.53. The molecule has 3 fully saturated rings. The van der Waals surface area contributed by atoms with Crippen LogP contribution in [0.25, 0.3) is 0 Å². The number of furan rings is 1. The number of guanidine groups is 1. The molecule has 2 saturated carbocycles. The van der Waals surface area contributed by atoms with Gasteiger partial charge in [-0.25, -0.2) is 0 Å². The Hall–Kier alpha value is -0.760. The molecule has 2 heterocycles. The average molecular weight is 472 g/mol. The third-order valence-corrected chi connectivity index (χ3v) is 6.15. The summed E-state index contributed by atoms with van der Waals surface area (Å²) in [6.45, 7) is 7.18. The molecule has 6 heteroatoms. The van der Waals surface area contributed by atoms with Gasteiger partial charge < -0.3 is 15.1 Å². The number of hydrogen-bond donors (Lipinski definition) is 2. The Morgan fingerprint density at radius 1 is 1.31 bits per heavy atom. The van der Waals surface area contributed by atoms with Gasteiger partial charge in [0.25, 0.3) is 0 Å². The molecular weight excluding hydrogens is 439 g/mol. The average Bonchev–Trinajstić information content (AvgIpc) is 3.50. The van der Waals surface area contributed by atoms with E-state index >= 15 is 0 Å². The molecule has 5 nitrogen and oxygen atoms in total. The van der Waals surface area contributed by atoms with Gasteiger partial charge in [-0.3, -0.25) is 9.89 Å². The van der Waals surface area contributed by atoms with Crippen LogP contribution in [0.15, 0.2) is 27.8 Å². The number of nitrogens with zero attached hydrogens (tertiary/aromatic N) is 2. The maximum absolute atomic E-state index is 5.72. The van der Waals surface area contributed by atoms with Crippen molar-refractivity contribution < 1.29 is 4.42 Å². The molecule has 1 aromatic heterocycles. The smallest absolute Gasteiger partial charge is 0.191 e. The number of likely N-dealkylation sites (tertiary alicyclic amines) is 1. The van der Waals surface area contributed by atoms with E-state index in [2.05, 4.69) is 28.5 Å². The van der Waals surface area contributed by atoms with Crippen molar-refractivity contribution in [3.63, 3.8) is 0 Å². The molecule has 0 bridgehead atoms. The summed E-state index contributed by atoms with van der Waals surface area (Å²) in [4.78, 5) is 7.46. The van der Waals surface area contributed by atoms with Crippen molar-refractivity contribution in [1.29, 1.82) is 0 Å². The summed E-state index contributed by atoms with van der Waals surface area (Å²) in [6, 6.07) is 4.38. The topological polar surface area (TPSA) is 52.8 Å². The van der Waals surface area contributed by atoms with Gasteiger partial charge in [0.2, 0.25) is 0 Å².